The molecule has 0 spiro atoms. The van der Waals surface area contributed by atoms with Gasteiger partial charge in [-0.1, -0.05) is 32.0 Å². The van der Waals surface area contributed by atoms with E-state index in [2.05, 4.69) is 50.1 Å². The number of anilines is 1. The highest BCUT2D eigenvalue weighted by Gasteiger charge is 2.34. The van der Waals surface area contributed by atoms with Gasteiger partial charge in [-0.15, -0.1) is 0 Å². The smallest absolute Gasteiger partial charge is 0.300 e. The Morgan fingerprint density at radius 2 is 2.00 bits per heavy atom. The highest BCUT2D eigenvalue weighted by Crippen LogP contribution is 2.45. The minimum atomic E-state index is -0.833. The van der Waals surface area contributed by atoms with Crippen LogP contribution in [0.25, 0.3) is 0 Å². The third-order valence-corrected chi connectivity index (χ3v) is 4.04. The molecule has 3 heteroatoms. The van der Waals surface area contributed by atoms with Crippen LogP contribution in [0.5, 0.6) is 0 Å². The highest BCUT2D eigenvalue weighted by atomic mass is 16.4. The number of hydrogen-bond acceptors (Lipinski definition) is 2. The number of para-hydroxylation sites is 1. The van der Waals surface area contributed by atoms with Gasteiger partial charge in [0, 0.05) is 30.8 Å². The molecule has 0 bridgehead atoms. The molecule has 2 aliphatic heterocycles. The Kier molecular flexibility index (Phi) is 3.40. The van der Waals surface area contributed by atoms with E-state index in [0.717, 1.165) is 13.5 Å². The molecule has 3 nitrogen and oxygen atoms in total. The number of aliphatic carboxylic acids is 1. The van der Waals surface area contributed by atoms with Crippen molar-refractivity contribution in [3.8, 4) is 0 Å². The molecule has 0 saturated heterocycles. The minimum Gasteiger partial charge on any atom is -0.481 e. The van der Waals surface area contributed by atoms with Gasteiger partial charge in [0.05, 0.1) is 0 Å². The summed E-state index contributed by atoms with van der Waals surface area (Å²) >= 11 is 0. The molecule has 0 unspecified atom stereocenters. The van der Waals surface area contributed by atoms with E-state index in [4.69, 9.17) is 9.90 Å². The fourth-order valence-electron chi connectivity index (χ4n) is 2.73. The van der Waals surface area contributed by atoms with E-state index in [9.17, 15) is 0 Å². The van der Waals surface area contributed by atoms with E-state index in [1.54, 1.807) is 0 Å². The van der Waals surface area contributed by atoms with Gasteiger partial charge in [0.2, 0.25) is 0 Å². The summed E-state index contributed by atoms with van der Waals surface area (Å²) in [7, 11) is 0. The second-order valence-electron chi connectivity index (χ2n) is 5.71. The van der Waals surface area contributed by atoms with Crippen LogP contribution in [0, 0.1) is 0 Å². The summed E-state index contributed by atoms with van der Waals surface area (Å²) < 4.78 is 0. The number of carbonyl (C=O) groups is 1. The topological polar surface area (TPSA) is 40.5 Å². The first kappa shape index (κ1) is 13.7. The molecule has 1 N–H and O–H groups in total. The number of benzene rings is 1. The fourth-order valence-corrected chi connectivity index (χ4v) is 2.73. The van der Waals surface area contributed by atoms with Crippen molar-refractivity contribution in [1.29, 1.82) is 0 Å². The first-order chi connectivity index (χ1) is 8.84. The average molecular weight is 259 g/mol. The van der Waals surface area contributed by atoms with Gasteiger partial charge in [-0.25, -0.2) is 0 Å². The summed E-state index contributed by atoms with van der Waals surface area (Å²) in [5.74, 6) is -0.833. The SMILES string of the molecule is CC(=O)O.CC1=CN2CCc3cccc(c32)C1(C)C. The number of allylic oxidation sites excluding steroid dienone is 1. The van der Waals surface area contributed by atoms with Crippen molar-refractivity contribution in [3.05, 3.63) is 41.1 Å². The fraction of sp³-hybridized carbons (Fsp3) is 0.438. The minimum absolute atomic E-state index is 0.201. The summed E-state index contributed by atoms with van der Waals surface area (Å²) in [4.78, 5) is 11.4. The molecule has 0 aliphatic carbocycles. The standard InChI is InChI=1S/C14H17N.C2H4O2/c1-10-9-15-8-7-11-5-4-6-12(13(11)15)14(10,2)3;1-2(3)4/h4-6,9H,7-8H2,1-3H3;1H3,(H,3,4). The predicted molar refractivity (Wildman–Crippen MR) is 77.6 cm³/mol. The van der Waals surface area contributed by atoms with Gasteiger partial charge in [-0.05, 0) is 30.0 Å². The summed E-state index contributed by atoms with van der Waals surface area (Å²) in [6.07, 6.45) is 3.53. The quantitative estimate of drug-likeness (QED) is 0.777. The molecule has 0 atom stereocenters. The van der Waals surface area contributed by atoms with Gasteiger partial charge in [0.1, 0.15) is 0 Å². The van der Waals surface area contributed by atoms with Crippen LogP contribution >= 0.6 is 0 Å². The van der Waals surface area contributed by atoms with Crippen LogP contribution < -0.4 is 4.90 Å². The zero-order valence-electron chi connectivity index (χ0n) is 12.0. The van der Waals surface area contributed by atoms with Crippen LogP contribution in [0.1, 0.15) is 38.8 Å². The Morgan fingerprint density at radius 3 is 2.63 bits per heavy atom. The van der Waals surface area contributed by atoms with Crippen molar-refractivity contribution in [1.82, 2.24) is 0 Å². The van der Waals surface area contributed by atoms with Crippen molar-refractivity contribution >= 4 is 11.7 Å². The van der Waals surface area contributed by atoms with Gasteiger partial charge in [-0.3, -0.25) is 4.79 Å². The van der Waals surface area contributed by atoms with Crippen molar-refractivity contribution in [2.75, 3.05) is 11.4 Å². The van der Waals surface area contributed by atoms with Crippen LogP contribution in [0.2, 0.25) is 0 Å². The maximum absolute atomic E-state index is 9.00. The molecule has 1 aromatic rings. The number of carboxylic acids is 1. The van der Waals surface area contributed by atoms with Gasteiger partial charge >= 0.3 is 0 Å². The molecule has 0 aromatic heterocycles. The van der Waals surface area contributed by atoms with Crippen molar-refractivity contribution in [2.45, 2.75) is 39.5 Å². The van der Waals surface area contributed by atoms with Crippen molar-refractivity contribution in [2.24, 2.45) is 0 Å². The lowest BCUT2D eigenvalue weighted by Gasteiger charge is -2.36. The van der Waals surface area contributed by atoms with Gasteiger partial charge < -0.3 is 10.0 Å². The van der Waals surface area contributed by atoms with E-state index < -0.39 is 5.97 Å². The zero-order chi connectivity index (χ0) is 14.2. The van der Waals surface area contributed by atoms with Crippen LogP contribution in [0.4, 0.5) is 5.69 Å². The third-order valence-electron chi connectivity index (χ3n) is 4.04. The van der Waals surface area contributed by atoms with Crippen LogP contribution in [0.15, 0.2) is 30.0 Å². The lowest BCUT2D eigenvalue weighted by atomic mass is 9.75. The Labute approximate surface area is 114 Å². The van der Waals surface area contributed by atoms with Gasteiger partial charge in [0.25, 0.3) is 5.97 Å². The molecule has 0 saturated carbocycles. The van der Waals surface area contributed by atoms with Gasteiger partial charge in [0.15, 0.2) is 0 Å². The molecule has 3 rings (SSSR count). The number of nitrogens with zero attached hydrogens (tertiary/aromatic N) is 1. The maximum Gasteiger partial charge on any atom is 0.300 e. The Hall–Kier alpha value is -1.77. The zero-order valence-corrected chi connectivity index (χ0v) is 12.0. The van der Waals surface area contributed by atoms with Crippen molar-refractivity contribution in [3.63, 3.8) is 0 Å². The molecule has 2 aliphatic rings. The van der Waals surface area contributed by atoms with Gasteiger partial charge in [-0.2, -0.15) is 0 Å². The normalized spacial score (nSPS) is 18.1. The first-order valence-corrected chi connectivity index (χ1v) is 6.61. The summed E-state index contributed by atoms with van der Waals surface area (Å²) in [6, 6.07) is 6.76. The average Bonchev–Trinajstić information content (AvgIpc) is 2.70. The second-order valence-corrected chi connectivity index (χ2v) is 5.71. The summed E-state index contributed by atoms with van der Waals surface area (Å²) in [6.45, 7) is 9.13. The van der Waals surface area contributed by atoms with Crippen molar-refractivity contribution < 1.29 is 9.90 Å². The van der Waals surface area contributed by atoms with Crippen LogP contribution in [-0.2, 0) is 16.6 Å². The van der Waals surface area contributed by atoms with E-state index in [-0.39, 0.29) is 5.41 Å². The molecule has 0 amide bonds. The Morgan fingerprint density at radius 1 is 1.37 bits per heavy atom. The highest BCUT2D eigenvalue weighted by molar-refractivity contribution is 5.71. The van der Waals surface area contributed by atoms with Crippen LogP contribution in [-0.4, -0.2) is 17.6 Å². The summed E-state index contributed by atoms with van der Waals surface area (Å²) in [5.41, 5.74) is 6.16. The predicted octanol–water partition coefficient (Wildman–Crippen LogP) is 3.34. The molecule has 0 radical (unpaired) electrons. The maximum atomic E-state index is 9.00. The van der Waals surface area contributed by atoms with E-state index in [1.165, 1.54) is 28.8 Å². The number of hydrogen-bond donors (Lipinski definition) is 1. The number of carboxylic acid groups (broad SMARTS) is 1. The van der Waals surface area contributed by atoms with E-state index in [1.807, 2.05) is 0 Å². The number of rotatable bonds is 0. The van der Waals surface area contributed by atoms with E-state index >= 15 is 0 Å². The summed E-state index contributed by atoms with van der Waals surface area (Å²) in [5, 5.41) is 7.42. The molecule has 19 heavy (non-hydrogen) atoms. The first-order valence-electron chi connectivity index (χ1n) is 6.61. The largest absolute Gasteiger partial charge is 0.481 e. The van der Waals surface area contributed by atoms with Crippen LogP contribution in [0.3, 0.4) is 0 Å². The molecular formula is C16H21NO2. The molecule has 2 heterocycles. The molecular weight excluding hydrogens is 238 g/mol. The third kappa shape index (κ3) is 2.37. The van der Waals surface area contributed by atoms with E-state index in [0.29, 0.717) is 0 Å². The Balaban J connectivity index is 0.000000297. The second kappa shape index (κ2) is 4.72. The monoisotopic (exact) mass is 259 g/mol. The lowest BCUT2D eigenvalue weighted by Crippen LogP contribution is -2.29. The lowest BCUT2D eigenvalue weighted by molar-refractivity contribution is -0.134. The molecule has 102 valence electrons. The Bertz CT molecular complexity index is 540. The molecule has 0 fully saturated rings. The molecule has 1 aromatic carbocycles.